The van der Waals surface area contributed by atoms with E-state index < -0.39 is 5.97 Å². The third kappa shape index (κ3) is 3.39. The molecule has 0 bridgehead atoms. The van der Waals surface area contributed by atoms with Gasteiger partial charge in [0.1, 0.15) is 5.75 Å². The fraction of sp³-hybridized carbons (Fsp3) is 0.125. The summed E-state index contributed by atoms with van der Waals surface area (Å²) in [5.74, 6) is -0.580. The van der Waals surface area contributed by atoms with E-state index in [0.717, 1.165) is 0 Å². The molecule has 0 aliphatic heterocycles. The molecule has 0 unspecified atom stereocenters. The summed E-state index contributed by atoms with van der Waals surface area (Å²) >= 11 is 0. The fourth-order valence-electron chi connectivity index (χ4n) is 1.87. The van der Waals surface area contributed by atoms with Crippen LogP contribution in [0.2, 0.25) is 0 Å². The number of hydrogen-bond donors (Lipinski definition) is 2. The van der Waals surface area contributed by atoms with E-state index in [1.54, 1.807) is 44.4 Å². The van der Waals surface area contributed by atoms with Crippen LogP contribution in [-0.4, -0.2) is 24.1 Å². The molecule has 21 heavy (non-hydrogen) atoms. The molecule has 2 aromatic rings. The highest BCUT2D eigenvalue weighted by Gasteiger charge is 2.10. The molecule has 0 radical (unpaired) electrons. The fourth-order valence-corrected chi connectivity index (χ4v) is 1.87. The molecule has 0 atom stereocenters. The number of methoxy groups -OCH3 is 1. The summed E-state index contributed by atoms with van der Waals surface area (Å²) in [7, 11) is 1.56. The molecule has 2 aromatic carbocycles. The van der Waals surface area contributed by atoms with Gasteiger partial charge >= 0.3 is 5.97 Å². The smallest absolute Gasteiger partial charge is 0.335 e. The van der Waals surface area contributed by atoms with Crippen molar-refractivity contribution in [3.05, 3.63) is 59.2 Å². The number of nitrogens with one attached hydrogen (secondary N) is 1. The van der Waals surface area contributed by atoms with Crippen LogP contribution >= 0.6 is 0 Å². The third-order valence-electron chi connectivity index (χ3n) is 3.07. The van der Waals surface area contributed by atoms with E-state index in [0.29, 0.717) is 22.6 Å². The van der Waals surface area contributed by atoms with Gasteiger partial charge in [0, 0.05) is 11.3 Å². The molecule has 5 heteroatoms. The molecule has 0 aromatic heterocycles. The van der Waals surface area contributed by atoms with Gasteiger partial charge in [-0.05, 0) is 55.0 Å². The van der Waals surface area contributed by atoms with Gasteiger partial charge in [0.15, 0.2) is 0 Å². The predicted molar refractivity (Wildman–Crippen MR) is 79.1 cm³/mol. The molecule has 0 spiro atoms. The zero-order chi connectivity index (χ0) is 15.4. The Morgan fingerprint density at radius 1 is 1.05 bits per heavy atom. The summed E-state index contributed by atoms with van der Waals surface area (Å²) < 4.78 is 5.03. The van der Waals surface area contributed by atoms with Crippen LogP contribution in [0.15, 0.2) is 42.5 Å². The molecule has 0 heterocycles. The Morgan fingerprint density at radius 2 is 1.67 bits per heavy atom. The lowest BCUT2D eigenvalue weighted by Gasteiger charge is -2.09. The number of carboxylic acid groups (broad SMARTS) is 1. The molecular weight excluding hydrogens is 270 g/mol. The Kier molecular flexibility index (Phi) is 4.23. The zero-order valence-corrected chi connectivity index (χ0v) is 11.7. The minimum absolute atomic E-state index is 0.190. The van der Waals surface area contributed by atoms with Crippen molar-refractivity contribution in [3.8, 4) is 5.75 Å². The first-order valence-corrected chi connectivity index (χ1v) is 6.30. The average molecular weight is 285 g/mol. The number of ether oxygens (including phenoxy) is 1. The van der Waals surface area contributed by atoms with Crippen LogP contribution < -0.4 is 10.1 Å². The largest absolute Gasteiger partial charge is 0.497 e. The average Bonchev–Trinajstić information content (AvgIpc) is 2.49. The number of benzene rings is 2. The predicted octanol–water partition coefficient (Wildman–Crippen LogP) is 2.95. The lowest BCUT2D eigenvalue weighted by molar-refractivity contribution is 0.0696. The number of carbonyl (C=O) groups is 2. The number of amides is 1. The van der Waals surface area contributed by atoms with Gasteiger partial charge < -0.3 is 15.2 Å². The molecule has 2 rings (SSSR count). The lowest BCUT2D eigenvalue weighted by atomic mass is 10.1. The highest BCUT2D eigenvalue weighted by atomic mass is 16.5. The Bertz CT molecular complexity index is 677. The maximum atomic E-state index is 12.1. The molecule has 0 aliphatic carbocycles. The van der Waals surface area contributed by atoms with Gasteiger partial charge in [-0.3, -0.25) is 4.79 Å². The van der Waals surface area contributed by atoms with Gasteiger partial charge in [-0.2, -0.15) is 0 Å². The van der Waals surface area contributed by atoms with Crippen molar-refractivity contribution >= 4 is 17.6 Å². The van der Waals surface area contributed by atoms with Gasteiger partial charge in [0.25, 0.3) is 5.91 Å². The summed E-state index contributed by atoms with van der Waals surface area (Å²) in [4.78, 5) is 23.0. The quantitative estimate of drug-likeness (QED) is 0.905. The van der Waals surface area contributed by atoms with Crippen molar-refractivity contribution in [2.75, 3.05) is 12.4 Å². The van der Waals surface area contributed by atoms with Crippen molar-refractivity contribution < 1.29 is 19.4 Å². The molecule has 0 saturated heterocycles. The Hall–Kier alpha value is -2.82. The normalized spacial score (nSPS) is 10.0. The van der Waals surface area contributed by atoms with E-state index in [-0.39, 0.29) is 11.5 Å². The maximum Gasteiger partial charge on any atom is 0.335 e. The summed E-state index contributed by atoms with van der Waals surface area (Å²) in [6.07, 6.45) is 0. The number of aryl methyl sites for hydroxylation is 1. The van der Waals surface area contributed by atoms with E-state index >= 15 is 0 Å². The Balaban J connectivity index is 2.17. The van der Waals surface area contributed by atoms with Gasteiger partial charge in [0.2, 0.25) is 0 Å². The molecule has 1 amide bonds. The summed E-state index contributed by atoms with van der Waals surface area (Å²) in [5, 5.41) is 11.7. The second kappa shape index (κ2) is 6.09. The first kappa shape index (κ1) is 14.6. The van der Waals surface area contributed by atoms with Crippen molar-refractivity contribution in [2.24, 2.45) is 0 Å². The Morgan fingerprint density at radius 3 is 2.19 bits per heavy atom. The summed E-state index contributed by atoms with van der Waals surface area (Å²) in [6, 6.07) is 11.3. The van der Waals surface area contributed by atoms with Crippen LogP contribution in [0.25, 0.3) is 0 Å². The molecule has 0 saturated carbocycles. The SMILES string of the molecule is COc1ccc(C(=O)Nc2ccc(C(=O)O)cc2C)cc1. The van der Waals surface area contributed by atoms with Crippen LogP contribution in [0, 0.1) is 6.92 Å². The Labute approximate surface area is 122 Å². The van der Waals surface area contributed by atoms with Crippen molar-refractivity contribution in [1.29, 1.82) is 0 Å². The van der Waals surface area contributed by atoms with Crippen LogP contribution in [0.1, 0.15) is 26.3 Å². The molecule has 2 N–H and O–H groups in total. The van der Waals surface area contributed by atoms with Crippen molar-refractivity contribution in [2.45, 2.75) is 6.92 Å². The second-order valence-electron chi connectivity index (χ2n) is 4.52. The highest BCUT2D eigenvalue weighted by Crippen LogP contribution is 2.18. The van der Waals surface area contributed by atoms with Gasteiger partial charge in [-0.25, -0.2) is 4.79 Å². The number of carboxylic acids is 1. The van der Waals surface area contributed by atoms with E-state index in [4.69, 9.17) is 9.84 Å². The minimum Gasteiger partial charge on any atom is -0.497 e. The zero-order valence-electron chi connectivity index (χ0n) is 11.7. The molecule has 108 valence electrons. The van der Waals surface area contributed by atoms with Crippen LogP contribution in [0.4, 0.5) is 5.69 Å². The topological polar surface area (TPSA) is 75.6 Å². The lowest BCUT2D eigenvalue weighted by Crippen LogP contribution is -2.13. The first-order valence-electron chi connectivity index (χ1n) is 6.30. The molecule has 0 aliphatic rings. The van der Waals surface area contributed by atoms with E-state index in [1.807, 2.05) is 0 Å². The number of hydrogen-bond acceptors (Lipinski definition) is 3. The summed E-state index contributed by atoms with van der Waals surface area (Å²) in [6.45, 7) is 1.75. The number of carbonyl (C=O) groups excluding carboxylic acids is 1. The first-order chi connectivity index (χ1) is 10.0. The number of aromatic carboxylic acids is 1. The van der Waals surface area contributed by atoms with Crippen molar-refractivity contribution in [1.82, 2.24) is 0 Å². The van der Waals surface area contributed by atoms with Gasteiger partial charge in [-0.15, -0.1) is 0 Å². The number of anilines is 1. The van der Waals surface area contributed by atoms with E-state index in [2.05, 4.69) is 5.32 Å². The summed E-state index contributed by atoms with van der Waals surface area (Å²) in [5.41, 5.74) is 1.96. The maximum absolute atomic E-state index is 12.1. The second-order valence-corrected chi connectivity index (χ2v) is 4.52. The monoisotopic (exact) mass is 285 g/mol. The molecular formula is C16H15NO4. The van der Waals surface area contributed by atoms with E-state index in [9.17, 15) is 9.59 Å². The van der Waals surface area contributed by atoms with Crippen LogP contribution in [-0.2, 0) is 0 Å². The van der Waals surface area contributed by atoms with Gasteiger partial charge in [0.05, 0.1) is 12.7 Å². The highest BCUT2D eigenvalue weighted by molar-refractivity contribution is 6.05. The van der Waals surface area contributed by atoms with Gasteiger partial charge in [-0.1, -0.05) is 0 Å². The number of rotatable bonds is 4. The van der Waals surface area contributed by atoms with Crippen LogP contribution in [0.3, 0.4) is 0 Å². The minimum atomic E-state index is -0.994. The third-order valence-corrected chi connectivity index (χ3v) is 3.07. The molecule has 0 fully saturated rings. The standard InChI is InChI=1S/C16H15NO4/c1-10-9-12(16(19)20)5-8-14(10)17-15(18)11-3-6-13(21-2)7-4-11/h3-9H,1-2H3,(H,17,18)(H,19,20). The van der Waals surface area contributed by atoms with Crippen LogP contribution in [0.5, 0.6) is 5.75 Å². The molecule has 5 nitrogen and oxygen atoms in total. The van der Waals surface area contributed by atoms with Crippen molar-refractivity contribution in [3.63, 3.8) is 0 Å². The van der Waals surface area contributed by atoms with E-state index in [1.165, 1.54) is 12.1 Å².